The van der Waals surface area contributed by atoms with Crippen molar-refractivity contribution in [3.8, 4) is 0 Å². The van der Waals surface area contributed by atoms with Gasteiger partial charge in [-0.2, -0.15) is 8.78 Å². The fraction of sp³-hybridized carbons (Fsp3) is 0.333. The maximum atomic E-state index is 11.9. The highest BCUT2D eigenvalue weighted by Crippen LogP contribution is 2.16. The molecule has 11 heavy (non-hydrogen) atoms. The van der Waals surface area contributed by atoms with E-state index in [2.05, 4.69) is 15.9 Å². The van der Waals surface area contributed by atoms with Gasteiger partial charge in [-0.3, -0.25) is 0 Å². The summed E-state index contributed by atoms with van der Waals surface area (Å²) in [6.07, 6.45) is 4.70. The summed E-state index contributed by atoms with van der Waals surface area (Å²) in [5.41, 5.74) is 0. The minimum atomic E-state index is -2.41. The second kappa shape index (κ2) is 4.87. The van der Waals surface area contributed by atoms with Crippen molar-refractivity contribution < 1.29 is 8.78 Å². The third kappa shape index (κ3) is 3.33. The van der Waals surface area contributed by atoms with Gasteiger partial charge in [0.1, 0.15) is 0 Å². The lowest BCUT2D eigenvalue weighted by Gasteiger charge is -2.20. The molecular formula is C6H7Br2F2N. The molecule has 0 aliphatic carbocycles. The van der Waals surface area contributed by atoms with E-state index in [1.54, 1.807) is 12.2 Å². The minimum absolute atomic E-state index is 0. The highest BCUT2D eigenvalue weighted by atomic mass is 79.9. The second-order valence-electron chi connectivity index (χ2n) is 1.91. The summed E-state index contributed by atoms with van der Waals surface area (Å²) < 4.78 is 24.6. The summed E-state index contributed by atoms with van der Waals surface area (Å²) in [4.78, 5) is 0.948. The van der Waals surface area contributed by atoms with E-state index >= 15 is 0 Å². The van der Waals surface area contributed by atoms with E-state index in [1.165, 1.54) is 6.20 Å². The Morgan fingerprint density at radius 1 is 1.55 bits per heavy atom. The quantitative estimate of drug-likeness (QED) is 0.671. The molecule has 1 rings (SSSR count). The molecule has 0 spiro atoms. The molecule has 0 atom stereocenters. The van der Waals surface area contributed by atoms with Crippen LogP contribution in [0.15, 0.2) is 22.8 Å². The van der Waals surface area contributed by atoms with Crippen molar-refractivity contribution in [1.29, 1.82) is 0 Å². The van der Waals surface area contributed by atoms with E-state index < -0.39 is 6.55 Å². The zero-order valence-electron chi connectivity index (χ0n) is 5.51. The van der Waals surface area contributed by atoms with Crippen LogP contribution in [-0.4, -0.2) is 18.0 Å². The Bertz CT molecular complexity index is 179. The molecule has 0 amide bonds. The molecule has 0 bridgehead atoms. The van der Waals surface area contributed by atoms with Crippen molar-refractivity contribution in [2.24, 2.45) is 0 Å². The Balaban J connectivity index is 0.000001000. The van der Waals surface area contributed by atoms with E-state index in [9.17, 15) is 8.78 Å². The van der Waals surface area contributed by atoms with E-state index in [4.69, 9.17) is 0 Å². The fourth-order valence-electron chi connectivity index (χ4n) is 0.672. The van der Waals surface area contributed by atoms with Crippen molar-refractivity contribution in [3.05, 3.63) is 22.8 Å². The van der Waals surface area contributed by atoms with Gasteiger partial charge >= 0.3 is 6.55 Å². The first-order valence-electron chi connectivity index (χ1n) is 2.77. The maximum absolute atomic E-state index is 11.9. The molecule has 0 aromatic heterocycles. The summed E-state index contributed by atoms with van der Waals surface area (Å²) in [6, 6.07) is 0. The van der Waals surface area contributed by atoms with Crippen LogP contribution in [0.4, 0.5) is 8.78 Å². The molecule has 1 aliphatic rings. The van der Waals surface area contributed by atoms with Gasteiger partial charge in [-0.15, -0.1) is 17.0 Å². The van der Waals surface area contributed by atoms with Gasteiger partial charge in [0, 0.05) is 10.7 Å². The van der Waals surface area contributed by atoms with Gasteiger partial charge in [0.25, 0.3) is 0 Å². The smallest absolute Gasteiger partial charge is 0.315 e. The topological polar surface area (TPSA) is 3.24 Å². The van der Waals surface area contributed by atoms with Crippen LogP contribution < -0.4 is 0 Å². The predicted octanol–water partition coefficient (Wildman–Crippen LogP) is 2.90. The third-order valence-corrected chi connectivity index (χ3v) is 1.65. The van der Waals surface area contributed by atoms with Crippen LogP contribution in [0.25, 0.3) is 0 Å². The lowest BCUT2D eigenvalue weighted by Crippen LogP contribution is -2.25. The Labute approximate surface area is 82.7 Å². The average Bonchev–Trinajstić information content (AvgIpc) is 1.88. The molecule has 5 heteroatoms. The number of allylic oxidation sites excluding steroid dienone is 2. The zero-order chi connectivity index (χ0) is 7.56. The van der Waals surface area contributed by atoms with E-state index in [0.717, 1.165) is 9.38 Å². The third-order valence-electron chi connectivity index (χ3n) is 1.14. The van der Waals surface area contributed by atoms with Crippen LogP contribution in [0.1, 0.15) is 0 Å². The largest absolute Gasteiger partial charge is 0.318 e. The maximum Gasteiger partial charge on any atom is 0.315 e. The first kappa shape index (κ1) is 11.1. The van der Waals surface area contributed by atoms with Crippen molar-refractivity contribution in [3.63, 3.8) is 0 Å². The Hall–Kier alpha value is 0.1000. The van der Waals surface area contributed by atoms with Crippen molar-refractivity contribution in [2.75, 3.05) is 6.54 Å². The molecular weight excluding hydrogens is 284 g/mol. The molecule has 64 valence electrons. The molecule has 0 saturated carbocycles. The summed E-state index contributed by atoms with van der Waals surface area (Å²) in [5, 5.41) is 0. The van der Waals surface area contributed by atoms with Gasteiger partial charge in [-0.05, 0) is 12.2 Å². The SMILES string of the molecule is Br.FC(F)N1C=CC=C(Br)C1. The molecule has 0 radical (unpaired) electrons. The van der Waals surface area contributed by atoms with Crippen molar-refractivity contribution in [2.45, 2.75) is 6.55 Å². The second-order valence-corrected chi connectivity index (χ2v) is 2.92. The lowest BCUT2D eigenvalue weighted by atomic mass is 10.4. The van der Waals surface area contributed by atoms with Crippen LogP contribution in [0, 0.1) is 0 Å². The molecule has 0 fully saturated rings. The number of hydrogen-bond acceptors (Lipinski definition) is 1. The Morgan fingerprint density at radius 3 is 2.55 bits per heavy atom. The zero-order valence-corrected chi connectivity index (χ0v) is 8.80. The first-order valence-corrected chi connectivity index (χ1v) is 3.56. The van der Waals surface area contributed by atoms with Crippen molar-refractivity contribution in [1.82, 2.24) is 4.90 Å². The van der Waals surface area contributed by atoms with Crippen LogP contribution in [0.3, 0.4) is 0 Å². The number of halogens is 4. The number of nitrogens with zero attached hydrogens (tertiary/aromatic N) is 1. The van der Waals surface area contributed by atoms with Crippen LogP contribution in [0.2, 0.25) is 0 Å². The Kier molecular flexibility index (Phi) is 4.92. The molecule has 1 heterocycles. The molecule has 1 aliphatic heterocycles. The average molecular weight is 291 g/mol. The van der Waals surface area contributed by atoms with Crippen LogP contribution in [-0.2, 0) is 0 Å². The highest BCUT2D eigenvalue weighted by Gasteiger charge is 2.13. The summed E-state index contributed by atoms with van der Waals surface area (Å²) >= 11 is 3.13. The monoisotopic (exact) mass is 289 g/mol. The molecule has 0 aromatic carbocycles. The summed E-state index contributed by atoms with van der Waals surface area (Å²) in [7, 11) is 0. The molecule has 0 N–H and O–H groups in total. The van der Waals surface area contributed by atoms with Crippen molar-refractivity contribution >= 4 is 32.9 Å². The van der Waals surface area contributed by atoms with Gasteiger partial charge in [0.2, 0.25) is 0 Å². The number of alkyl halides is 2. The molecule has 0 aromatic rings. The standard InChI is InChI=1S/C6H6BrF2N.BrH/c7-5-2-1-3-10(4-5)6(8)9;/h1-3,6H,4H2;1H. The van der Waals surface area contributed by atoms with Gasteiger partial charge in [0.05, 0.1) is 6.54 Å². The number of rotatable bonds is 1. The summed E-state index contributed by atoms with van der Waals surface area (Å²) in [6.45, 7) is -2.15. The van der Waals surface area contributed by atoms with E-state index in [0.29, 0.717) is 0 Å². The van der Waals surface area contributed by atoms with Crippen LogP contribution in [0.5, 0.6) is 0 Å². The molecule has 0 unspecified atom stereocenters. The van der Waals surface area contributed by atoms with E-state index in [-0.39, 0.29) is 23.5 Å². The highest BCUT2D eigenvalue weighted by molar-refractivity contribution is 9.11. The normalized spacial score (nSPS) is 16.4. The van der Waals surface area contributed by atoms with Gasteiger partial charge < -0.3 is 4.90 Å². The minimum Gasteiger partial charge on any atom is -0.318 e. The summed E-state index contributed by atoms with van der Waals surface area (Å²) in [5.74, 6) is 0. The molecule has 1 nitrogen and oxygen atoms in total. The van der Waals surface area contributed by atoms with Gasteiger partial charge in [-0.25, -0.2) is 0 Å². The first-order chi connectivity index (χ1) is 4.70. The van der Waals surface area contributed by atoms with Gasteiger partial charge in [0.15, 0.2) is 0 Å². The Morgan fingerprint density at radius 2 is 2.18 bits per heavy atom. The van der Waals surface area contributed by atoms with E-state index in [1.807, 2.05) is 0 Å². The molecule has 0 saturated heterocycles. The van der Waals surface area contributed by atoms with Crippen LogP contribution >= 0.6 is 32.9 Å². The fourth-order valence-corrected chi connectivity index (χ4v) is 1.11. The predicted molar refractivity (Wildman–Crippen MR) is 49.2 cm³/mol. The lowest BCUT2D eigenvalue weighted by molar-refractivity contribution is 0.0121. The van der Waals surface area contributed by atoms with Gasteiger partial charge in [-0.1, -0.05) is 15.9 Å². The number of hydrogen-bond donors (Lipinski definition) is 0.